The van der Waals surface area contributed by atoms with Crippen LogP contribution < -0.4 is 0 Å². The molecule has 0 spiro atoms. The SMILES string of the molecule is COC(=O)[C@@H]1OCCCO[C@H]1c1ccccc1. The Hall–Kier alpha value is -1.39. The Morgan fingerprint density at radius 2 is 1.94 bits per heavy atom. The maximum atomic E-state index is 11.7. The van der Waals surface area contributed by atoms with E-state index < -0.39 is 6.10 Å². The quantitative estimate of drug-likeness (QED) is 0.733. The molecule has 1 fully saturated rings. The molecule has 2 rings (SSSR count). The molecule has 0 unspecified atom stereocenters. The van der Waals surface area contributed by atoms with Gasteiger partial charge in [-0.25, -0.2) is 4.79 Å². The Kier molecular flexibility index (Phi) is 4.12. The lowest BCUT2D eigenvalue weighted by molar-refractivity contribution is -0.161. The molecule has 1 heterocycles. The number of benzene rings is 1. The summed E-state index contributed by atoms with van der Waals surface area (Å²) < 4.78 is 16.0. The molecule has 0 aliphatic carbocycles. The summed E-state index contributed by atoms with van der Waals surface area (Å²) in [4.78, 5) is 11.7. The summed E-state index contributed by atoms with van der Waals surface area (Å²) in [5, 5.41) is 0. The number of esters is 1. The average molecular weight is 236 g/mol. The second-order valence-corrected chi connectivity index (χ2v) is 3.87. The fourth-order valence-electron chi connectivity index (χ4n) is 1.88. The van der Waals surface area contributed by atoms with Gasteiger partial charge in [0.2, 0.25) is 0 Å². The molecule has 1 aromatic rings. The minimum absolute atomic E-state index is 0.383. The van der Waals surface area contributed by atoms with Crippen molar-refractivity contribution in [3.05, 3.63) is 35.9 Å². The first-order valence-electron chi connectivity index (χ1n) is 5.69. The van der Waals surface area contributed by atoms with Crippen molar-refractivity contribution in [3.63, 3.8) is 0 Å². The van der Waals surface area contributed by atoms with E-state index in [2.05, 4.69) is 0 Å². The van der Waals surface area contributed by atoms with Crippen molar-refractivity contribution in [2.24, 2.45) is 0 Å². The van der Waals surface area contributed by atoms with Crippen molar-refractivity contribution >= 4 is 5.97 Å². The average Bonchev–Trinajstić information content (AvgIpc) is 2.64. The predicted octanol–water partition coefficient (Wildman–Crippen LogP) is 1.71. The van der Waals surface area contributed by atoms with Gasteiger partial charge in [-0.1, -0.05) is 30.3 Å². The van der Waals surface area contributed by atoms with Crippen molar-refractivity contribution in [2.75, 3.05) is 20.3 Å². The van der Waals surface area contributed by atoms with Crippen LogP contribution in [0.5, 0.6) is 0 Å². The Morgan fingerprint density at radius 1 is 1.24 bits per heavy atom. The first-order valence-corrected chi connectivity index (χ1v) is 5.69. The van der Waals surface area contributed by atoms with Gasteiger partial charge in [0.15, 0.2) is 6.10 Å². The molecule has 4 nitrogen and oxygen atoms in total. The minimum atomic E-state index is -0.676. The molecule has 0 N–H and O–H groups in total. The molecule has 0 bridgehead atoms. The van der Waals surface area contributed by atoms with Gasteiger partial charge in [-0.2, -0.15) is 0 Å². The van der Waals surface area contributed by atoms with Gasteiger partial charge < -0.3 is 14.2 Å². The monoisotopic (exact) mass is 236 g/mol. The standard InChI is InChI=1S/C13H16O4/c1-15-13(14)12-11(16-8-5-9-17-12)10-6-3-2-4-7-10/h2-4,6-7,11-12H,5,8-9H2,1H3/t11-,12+/m0/s1. The zero-order valence-corrected chi connectivity index (χ0v) is 9.80. The molecule has 17 heavy (non-hydrogen) atoms. The normalized spacial score (nSPS) is 25.0. The number of hydrogen-bond donors (Lipinski definition) is 0. The van der Waals surface area contributed by atoms with Crippen molar-refractivity contribution in [3.8, 4) is 0 Å². The van der Waals surface area contributed by atoms with Crippen LogP contribution in [0, 0.1) is 0 Å². The molecule has 0 aromatic heterocycles. The van der Waals surface area contributed by atoms with E-state index in [1.165, 1.54) is 7.11 Å². The van der Waals surface area contributed by atoms with Crippen molar-refractivity contribution in [1.29, 1.82) is 0 Å². The van der Waals surface area contributed by atoms with Gasteiger partial charge in [0.05, 0.1) is 13.7 Å². The third kappa shape index (κ3) is 2.84. The van der Waals surface area contributed by atoms with E-state index in [1.807, 2.05) is 30.3 Å². The van der Waals surface area contributed by atoms with Crippen LogP contribution in [0.2, 0.25) is 0 Å². The zero-order valence-electron chi connectivity index (χ0n) is 9.80. The van der Waals surface area contributed by atoms with Gasteiger partial charge in [0, 0.05) is 6.61 Å². The van der Waals surface area contributed by atoms with E-state index in [4.69, 9.17) is 14.2 Å². The second kappa shape index (κ2) is 5.80. The number of methoxy groups -OCH3 is 1. The van der Waals surface area contributed by atoms with Crippen LogP contribution in [0.25, 0.3) is 0 Å². The van der Waals surface area contributed by atoms with Crippen LogP contribution in [0.3, 0.4) is 0 Å². The molecule has 0 saturated carbocycles. The van der Waals surface area contributed by atoms with E-state index in [1.54, 1.807) is 0 Å². The largest absolute Gasteiger partial charge is 0.467 e. The Bertz CT molecular complexity index is 363. The molecule has 1 aliphatic heterocycles. The number of ether oxygens (including phenoxy) is 3. The molecular weight excluding hydrogens is 220 g/mol. The van der Waals surface area contributed by atoms with Crippen LogP contribution in [0.1, 0.15) is 18.1 Å². The summed E-state index contributed by atoms with van der Waals surface area (Å²) in [5.74, 6) is -0.388. The highest BCUT2D eigenvalue weighted by Gasteiger charge is 2.33. The molecule has 1 saturated heterocycles. The summed E-state index contributed by atoms with van der Waals surface area (Å²) in [6.07, 6.45) is -0.271. The van der Waals surface area contributed by atoms with Crippen molar-refractivity contribution < 1.29 is 19.0 Å². The minimum Gasteiger partial charge on any atom is -0.467 e. The number of rotatable bonds is 2. The third-order valence-corrected chi connectivity index (χ3v) is 2.72. The first kappa shape index (κ1) is 12.1. The molecule has 4 heteroatoms. The highest BCUT2D eigenvalue weighted by atomic mass is 16.6. The van der Waals surface area contributed by atoms with Gasteiger partial charge >= 0.3 is 5.97 Å². The van der Waals surface area contributed by atoms with E-state index in [0.717, 1.165) is 12.0 Å². The summed E-state index contributed by atoms with van der Waals surface area (Å²) in [7, 11) is 1.36. The Labute approximate surface area is 100 Å². The molecular formula is C13H16O4. The number of carbonyl (C=O) groups is 1. The fraction of sp³-hybridized carbons (Fsp3) is 0.462. The van der Waals surface area contributed by atoms with Gasteiger partial charge in [0.1, 0.15) is 6.10 Å². The molecule has 1 aliphatic rings. The Balaban J connectivity index is 2.23. The number of hydrogen-bond acceptors (Lipinski definition) is 4. The van der Waals surface area contributed by atoms with Gasteiger partial charge in [0.25, 0.3) is 0 Å². The maximum absolute atomic E-state index is 11.7. The topological polar surface area (TPSA) is 44.8 Å². The van der Waals surface area contributed by atoms with Crippen LogP contribution >= 0.6 is 0 Å². The van der Waals surface area contributed by atoms with Crippen LogP contribution in [-0.4, -0.2) is 32.4 Å². The molecule has 0 amide bonds. The lowest BCUT2D eigenvalue weighted by Crippen LogP contribution is -2.32. The molecule has 92 valence electrons. The fourth-order valence-corrected chi connectivity index (χ4v) is 1.88. The van der Waals surface area contributed by atoms with Gasteiger partial charge in [-0.15, -0.1) is 0 Å². The van der Waals surface area contributed by atoms with Gasteiger partial charge in [-0.3, -0.25) is 0 Å². The summed E-state index contributed by atoms with van der Waals surface area (Å²) in [6.45, 7) is 1.11. The summed E-state index contributed by atoms with van der Waals surface area (Å²) >= 11 is 0. The highest BCUT2D eigenvalue weighted by Crippen LogP contribution is 2.26. The van der Waals surface area contributed by atoms with Crippen molar-refractivity contribution in [2.45, 2.75) is 18.6 Å². The molecule has 2 atom stereocenters. The number of carbonyl (C=O) groups excluding carboxylic acids is 1. The highest BCUT2D eigenvalue weighted by molar-refractivity contribution is 5.75. The predicted molar refractivity (Wildman–Crippen MR) is 61.5 cm³/mol. The van der Waals surface area contributed by atoms with Crippen LogP contribution in [0.15, 0.2) is 30.3 Å². The van der Waals surface area contributed by atoms with E-state index in [-0.39, 0.29) is 12.1 Å². The second-order valence-electron chi connectivity index (χ2n) is 3.87. The first-order chi connectivity index (χ1) is 8.33. The van der Waals surface area contributed by atoms with E-state index >= 15 is 0 Å². The summed E-state index contributed by atoms with van der Waals surface area (Å²) in [6, 6.07) is 9.61. The Morgan fingerprint density at radius 3 is 2.65 bits per heavy atom. The zero-order chi connectivity index (χ0) is 12.1. The third-order valence-electron chi connectivity index (χ3n) is 2.72. The van der Waals surface area contributed by atoms with E-state index in [9.17, 15) is 4.79 Å². The van der Waals surface area contributed by atoms with Crippen LogP contribution in [-0.2, 0) is 19.0 Å². The maximum Gasteiger partial charge on any atom is 0.338 e. The lowest BCUT2D eigenvalue weighted by atomic mass is 10.0. The lowest BCUT2D eigenvalue weighted by Gasteiger charge is -2.22. The van der Waals surface area contributed by atoms with E-state index in [0.29, 0.717) is 13.2 Å². The van der Waals surface area contributed by atoms with Crippen LogP contribution in [0.4, 0.5) is 0 Å². The molecule has 1 aromatic carbocycles. The van der Waals surface area contributed by atoms with Crippen molar-refractivity contribution in [1.82, 2.24) is 0 Å². The smallest absolute Gasteiger partial charge is 0.338 e. The molecule has 0 radical (unpaired) electrons. The van der Waals surface area contributed by atoms with Gasteiger partial charge in [-0.05, 0) is 12.0 Å². The summed E-state index contributed by atoms with van der Waals surface area (Å²) in [5.41, 5.74) is 0.935.